The number of allylic oxidation sites excluding steroid dienone is 2. The van der Waals surface area contributed by atoms with Crippen LogP contribution in [0.5, 0.6) is 0 Å². The molecule has 0 saturated carbocycles. The lowest BCUT2D eigenvalue weighted by atomic mass is 9.97. The maximum atomic E-state index is 2.45. The average Bonchev–Trinajstić information content (AvgIpc) is 3.27. The molecule has 1 heteroatoms. The number of rotatable bonds is 4. The van der Waals surface area contributed by atoms with Crippen molar-refractivity contribution in [1.29, 1.82) is 0 Å². The smallest absolute Gasteiger partial charge is 0.0678 e. The number of benzene rings is 3. The van der Waals surface area contributed by atoms with E-state index in [1.54, 1.807) is 5.57 Å². The molecule has 2 aliphatic carbocycles. The van der Waals surface area contributed by atoms with Gasteiger partial charge in [0.25, 0.3) is 0 Å². The van der Waals surface area contributed by atoms with E-state index in [2.05, 4.69) is 106 Å². The van der Waals surface area contributed by atoms with Crippen molar-refractivity contribution >= 4 is 21.7 Å². The van der Waals surface area contributed by atoms with E-state index in [0.29, 0.717) is 17.0 Å². The summed E-state index contributed by atoms with van der Waals surface area (Å²) in [5.41, 5.74) is 12.7. The quantitative estimate of drug-likeness (QED) is 0.410. The summed E-state index contributed by atoms with van der Waals surface area (Å²) in [6, 6.07) is 26.7. The Balaban J connectivity index is 1.54. The third kappa shape index (κ3) is 3.14. The topological polar surface area (TPSA) is 0 Å². The van der Waals surface area contributed by atoms with Crippen molar-refractivity contribution in [3.05, 3.63) is 106 Å². The van der Waals surface area contributed by atoms with Crippen LogP contribution in [0.3, 0.4) is 0 Å². The van der Waals surface area contributed by atoms with Crippen LogP contribution < -0.4 is 0 Å². The minimum atomic E-state index is 0.520. The third-order valence-corrected chi connectivity index (χ3v) is 8.40. The second-order valence-electron chi connectivity index (χ2n) is 8.52. The van der Waals surface area contributed by atoms with Gasteiger partial charge in [-0.3, -0.25) is 0 Å². The van der Waals surface area contributed by atoms with Crippen LogP contribution in [0, 0.1) is 5.92 Å². The largest absolute Gasteiger partial charge is 0.0684 e. The molecule has 0 fully saturated rings. The van der Waals surface area contributed by atoms with Gasteiger partial charge in [0.15, 0.2) is 0 Å². The molecule has 3 aromatic carbocycles. The Morgan fingerprint density at radius 1 is 0.724 bits per heavy atom. The van der Waals surface area contributed by atoms with Gasteiger partial charge in [0.2, 0.25) is 0 Å². The minimum absolute atomic E-state index is 0.520. The summed E-state index contributed by atoms with van der Waals surface area (Å²) in [4.78, 5) is 0. The highest BCUT2D eigenvalue weighted by Crippen LogP contribution is 2.46. The summed E-state index contributed by atoms with van der Waals surface area (Å²) >= 11 is 0. The van der Waals surface area contributed by atoms with Gasteiger partial charge in [0.05, 0.1) is 9.52 Å². The van der Waals surface area contributed by atoms with Crippen molar-refractivity contribution in [1.82, 2.24) is 0 Å². The molecule has 3 aromatic rings. The minimum Gasteiger partial charge on any atom is -0.0684 e. The molecule has 0 aromatic heterocycles. The standard InChI is InChI=1S/C28H26Si/c1-18(2)25-17-21-12-7-8-13-23(21)28(25)29-27-19(3)16-26-22(14-9-15-24(26)27)20-10-5-4-6-11-20/h4-18,27-28H,1-3H3. The van der Waals surface area contributed by atoms with Crippen molar-refractivity contribution in [2.75, 3.05) is 0 Å². The summed E-state index contributed by atoms with van der Waals surface area (Å²) in [7, 11) is 0.844. The first-order valence-electron chi connectivity index (χ1n) is 10.6. The molecule has 0 heterocycles. The molecule has 2 unspecified atom stereocenters. The molecule has 0 nitrogen and oxygen atoms in total. The molecule has 0 amide bonds. The Morgan fingerprint density at radius 3 is 2.24 bits per heavy atom. The predicted octanol–water partition coefficient (Wildman–Crippen LogP) is 7.31. The van der Waals surface area contributed by atoms with E-state index in [9.17, 15) is 0 Å². The van der Waals surface area contributed by atoms with Crippen LogP contribution in [0.1, 0.15) is 54.1 Å². The zero-order valence-corrected chi connectivity index (χ0v) is 18.3. The molecule has 0 N–H and O–H groups in total. The van der Waals surface area contributed by atoms with Gasteiger partial charge in [-0.2, -0.15) is 0 Å². The van der Waals surface area contributed by atoms with E-state index < -0.39 is 0 Å². The molecule has 0 aliphatic heterocycles. The first kappa shape index (κ1) is 18.4. The van der Waals surface area contributed by atoms with E-state index >= 15 is 0 Å². The number of hydrogen-bond donors (Lipinski definition) is 0. The molecule has 29 heavy (non-hydrogen) atoms. The van der Waals surface area contributed by atoms with Gasteiger partial charge in [-0.25, -0.2) is 0 Å². The molecule has 0 saturated heterocycles. The molecule has 142 valence electrons. The van der Waals surface area contributed by atoms with E-state index in [1.165, 1.54) is 39.0 Å². The third-order valence-electron chi connectivity index (χ3n) is 6.33. The summed E-state index contributed by atoms with van der Waals surface area (Å²) in [6.07, 6.45) is 4.89. The summed E-state index contributed by atoms with van der Waals surface area (Å²) in [5, 5.41) is 0. The molecule has 0 bridgehead atoms. The predicted molar refractivity (Wildman–Crippen MR) is 126 cm³/mol. The Bertz CT molecular complexity index is 1120. The Labute approximate surface area is 176 Å². The molecule has 2 aliphatic rings. The highest BCUT2D eigenvalue weighted by atomic mass is 28.2. The molecular formula is C28H26Si. The summed E-state index contributed by atoms with van der Waals surface area (Å²) in [5.74, 6) is 0.584. The summed E-state index contributed by atoms with van der Waals surface area (Å²) in [6.45, 7) is 7.01. The van der Waals surface area contributed by atoms with Gasteiger partial charge in [-0.05, 0) is 57.3 Å². The fraction of sp³-hybridized carbons (Fsp3) is 0.214. The van der Waals surface area contributed by atoms with Crippen LogP contribution in [-0.4, -0.2) is 9.52 Å². The van der Waals surface area contributed by atoms with Gasteiger partial charge < -0.3 is 0 Å². The Morgan fingerprint density at radius 2 is 1.45 bits per heavy atom. The van der Waals surface area contributed by atoms with E-state index in [4.69, 9.17) is 0 Å². The highest BCUT2D eigenvalue weighted by molar-refractivity contribution is 6.43. The number of fused-ring (bicyclic) bond motifs is 2. The van der Waals surface area contributed by atoms with Crippen molar-refractivity contribution in [2.24, 2.45) is 5.92 Å². The Hall–Kier alpha value is -2.64. The maximum absolute atomic E-state index is 2.45. The van der Waals surface area contributed by atoms with Gasteiger partial charge in [-0.15, -0.1) is 0 Å². The molecule has 5 rings (SSSR count). The molecular weight excluding hydrogens is 364 g/mol. The van der Waals surface area contributed by atoms with Gasteiger partial charge >= 0.3 is 0 Å². The lowest BCUT2D eigenvalue weighted by Crippen LogP contribution is -2.19. The number of hydrogen-bond acceptors (Lipinski definition) is 0. The lowest BCUT2D eigenvalue weighted by Gasteiger charge is -2.24. The molecule has 2 atom stereocenters. The van der Waals surface area contributed by atoms with Crippen LogP contribution in [0.15, 0.2) is 83.9 Å². The van der Waals surface area contributed by atoms with Crippen LogP contribution >= 0.6 is 0 Å². The first-order valence-corrected chi connectivity index (χ1v) is 11.7. The fourth-order valence-corrected chi connectivity index (χ4v) is 7.01. The lowest BCUT2D eigenvalue weighted by molar-refractivity contribution is 0.740. The van der Waals surface area contributed by atoms with Crippen molar-refractivity contribution in [3.8, 4) is 11.1 Å². The second-order valence-corrected chi connectivity index (χ2v) is 10.0. The van der Waals surface area contributed by atoms with Crippen molar-refractivity contribution in [2.45, 2.75) is 31.9 Å². The first-order chi connectivity index (χ1) is 14.1. The van der Waals surface area contributed by atoms with Crippen LogP contribution in [0.2, 0.25) is 0 Å². The Kier molecular flexibility index (Phi) is 4.64. The van der Waals surface area contributed by atoms with Crippen LogP contribution in [0.4, 0.5) is 0 Å². The maximum Gasteiger partial charge on any atom is 0.0678 e. The SMILES string of the molecule is CC1=Cc2c(-c3ccccc3)cccc2C1[Si]C1C(C(C)C)=Cc2ccccc21. The van der Waals surface area contributed by atoms with E-state index in [0.717, 1.165) is 9.52 Å². The van der Waals surface area contributed by atoms with Crippen molar-refractivity contribution < 1.29 is 0 Å². The zero-order valence-electron chi connectivity index (χ0n) is 17.3. The average molecular weight is 391 g/mol. The molecule has 2 radical (unpaired) electrons. The second kappa shape index (κ2) is 7.31. The van der Waals surface area contributed by atoms with Gasteiger partial charge in [-0.1, -0.05) is 110 Å². The highest BCUT2D eigenvalue weighted by Gasteiger charge is 2.33. The van der Waals surface area contributed by atoms with Crippen LogP contribution in [-0.2, 0) is 0 Å². The monoisotopic (exact) mass is 390 g/mol. The van der Waals surface area contributed by atoms with Gasteiger partial charge in [0.1, 0.15) is 0 Å². The summed E-state index contributed by atoms with van der Waals surface area (Å²) < 4.78 is 0. The van der Waals surface area contributed by atoms with E-state index in [-0.39, 0.29) is 0 Å². The normalized spacial score (nSPS) is 19.7. The molecule has 0 spiro atoms. The fourth-order valence-electron chi connectivity index (χ4n) is 4.84. The van der Waals surface area contributed by atoms with Crippen molar-refractivity contribution in [3.63, 3.8) is 0 Å². The van der Waals surface area contributed by atoms with Gasteiger partial charge in [0, 0.05) is 0 Å². The van der Waals surface area contributed by atoms with E-state index in [1.807, 2.05) is 0 Å². The van der Waals surface area contributed by atoms with Crippen LogP contribution in [0.25, 0.3) is 23.3 Å². The zero-order chi connectivity index (χ0) is 20.0.